The molecular formula is C28H26F3NO5S. The number of benzene rings is 3. The number of carbonyl (C=O) groups excluding carboxylic acids is 1. The molecule has 1 heterocycles. The molecule has 200 valence electrons. The fourth-order valence-electron chi connectivity index (χ4n) is 4.17. The van der Waals surface area contributed by atoms with E-state index in [1.165, 1.54) is 7.11 Å². The van der Waals surface area contributed by atoms with Gasteiger partial charge in [-0.15, -0.1) is 0 Å². The largest absolute Gasteiger partial charge is 0.486 e. The van der Waals surface area contributed by atoms with E-state index in [-0.39, 0.29) is 30.8 Å². The van der Waals surface area contributed by atoms with E-state index in [2.05, 4.69) is 4.74 Å². The Morgan fingerprint density at radius 3 is 2.50 bits per heavy atom. The average molecular weight is 546 g/mol. The first-order chi connectivity index (χ1) is 18.0. The van der Waals surface area contributed by atoms with Crippen molar-refractivity contribution in [3.63, 3.8) is 0 Å². The van der Waals surface area contributed by atoms with Gasteiger partial charge in [0, 0.05) is 6.42 Å². The van der Waals surface area contributed by atoms with E-state index >= 15 is 0 Å². The highest BCUT2D eigenvalue weighted by Crippen LogP contribution is 2.40. The van der Waals surface area contributed by atoms with Gasteiger partial charge in [0.05, 0.1) is 29.8 Å². The predicted octanol–water partition coefficient (Wildman–Crippen LogP) is 6.18. The van der Waals surface area contributed by atoms with Gasteiger partial charge in [0.2, 0.25) is 0 Å². The zero-order valence-electron chi connectivity index (χ0n) is 20.7. The molecule has 6 nitrogen and oxygen atoms in total. The number of methoxy groups -OCH3 is 1. The van der Waals surface area contributed by atoms with Crippen molar-refractivity contribution in [2.24, 2.45) is 0 Å². The van der Waals surface area contributed by atoms with Crippen molar-refractivity contribution in [1.29, 1.82) is 0 Å². The molecule has 38 heavy (non-hydrogen) atoms. The number of halogens is 3. The minimum absolute atomic E-state index is 0.00889. The molecule has 10 heteroatoms. The van der Waals surface area contributed by atoms with Gasteiger partial charge in [-0.25, -0.2) is 8.42 Å². The first kappa shape index (κ1) is 27.3. The lowest BCUT2D eigenvalue weighted by Gasteiger charge is -2.35. The number of esters is 1. The van der Waals surface area contributed by atoms with Crippen LogP contribution in [-0.4, -0.2) is 34.1 Å². The third-order valence-electron chi connectivity index (χ3n) is 6.17. The SMILES string of the molecule is COC(=O)CCC1CN(S(=O)(=O)c2cccc(C(F)(F)F)c2)c2cc(C=C(C)c3ccccc3)ccc2O1. The molecule has 1 aliphatic heterocycles. The predicted molar refractivity (Wildman–Crippen MR) is 138 cm³/mol. The van der Waals surface area contributed by atoms with Crippen LogP contribution in [0.4, 0.5) is 18.9 Å². The Labute approximate surface area is 219 Å². The highest BCUT2D eigenvalue weighted by molar-refractivity contribution is 7.92. The Morgan fingerprint density at radius 1 is 1.08 bits per heavy atom. The zero-order chi connectivity index (χ0) is 27.5. The molecule has 0 aromatic heterocycles. The second-order valence-corrected chi connectivity index (χ2v) is 10.7. The lowest BCUT2D eigenvalue weighted by Crippen LogP contribution is -2.43. The topological polar surface area (TPSA) is 72.9 Å². The van der Waals surface area contributed by atoms with Crippen LogP contribution >= 0.6 is 0 Å². The summed E-state index contributed by atoms with van der Waals surface area (Å²) in [7, 11) is -3.17. The Kier molecular flexibility index (Phi) is 7.82. The normalized spacial score (nSPS) is 16.0. The van der Waals surface area contributed by atoms with Gasteiger partial charge in [-0.1, -0.05) is 48.5 Å². The first-order valence-corrected chi connectivity index (χ1v) is 13.2. The quantitative estimate of drug-likeness (QED) is 0.262. The number of alkyl halides is 3. The summed E-state index contributed by atoms with van der Waals surface area (Å²) in [4.78, 5) is 11.2. The van der Waals surface area contributed by atoms with Crippen molar-refractivity contribution < 1.29 is 35.9 Å². The van der Waals surface area contributed by atoms with Crippen LogP contribution in [0.15, 0.2) is 77.7 Å². The van der Waals surface area contributed by atoms with Crippen LogP contribution in [0.25, 0.3) is 11.6 Å². The minimum atomic E-state index is -4.70. The van der Waals surface area contributed by atoms with Crippen molar-refractivity contribution in [2.45, 2.75) is 36.9 Å². The van der Waals surface area contributed by atoms with Gasteiger partial charge < -0.3 is 9.47 Å². The summed E-state index contributed by atoms with van der Waals surface area (Å²) in [5.74, 6) is -0.236. The van der Waals surface area contributed by atoms with E-state index in [0.717, 1.165) is 33.6 Å². The second kappa shape index (κ2) is 10.9. The number of rotatable bonds is 7. The van der Waals surface area contributed by atoms with Gasteiger partial charge >= 0.3 is 12.1 Å². The number of allylic oxidation sites excluding steroid dienone is 1. The van der Waals surface area contributed by atoms with Gasteiger partial charge in [0.25, 0.3) is 10.0 Å². The van der Waals surface area contributed by atoms with Crippen LogP contribution in [0.2, 0.25) is 0 Å². The number of sulfonamides is 1. The molecule has 0 amide bonds. The Hall–Kier alpha value is -3.79. The molecule has 0 aliphatic carbocycles. The van der Waals surface area contributed by atoms with Gasteiger partial charge in [-0.2, -0.15) is 13.2 Å². The lowest BCUT2D eigenvalue weighted by molar-refractivity contribution is -0.141. The maximum atomic E-state index is 13.7. The molecule has 4 rings (SSSR count). The molecule has 0 N–H and O–H groups in total. The van der Waals surface area contributed by atoms with Gasteiger partial charge in [-0.05, 0) is 60.4 Å². The van der Waals surface area contributed by atoms with Crippen molar-refractivity contribution in [2.75, 3.05) is 18.0 Å². The van der Waals surface area contributed by atoms with Crippen LogP contribution in [-0.2, 0) is 25.7 Å². The summed E-state index contributed by atoms with van der Waals surface area (Å²) < 4.78 is 79.2. The van der Waals surface area contributed by atoms with Gasteiger partial charge in [0.1, 0.15) is 11.9 Å². The molecule has 0 bridgehead atoms. The molecule has 1 atom stereocenters. The molecule has 1 aliphatic rings. The lowest BCUT2D eigenvalue weighted by atomic mass is 10.0. The van der Waals surface area contributed by atoms with Crippen molar-refractivity contribution in [3.8, 4) is 5.75 Å². The number of anilines is 1. The molecule has 0 radical (unpaired) electrons. The molecule has 0 fully saturated rings. The Morgan fingerprint density at radius 2 is 1.82 bits per heavy atom. The molecule has 1 unspecified atom stereocenters. The van der Waals surface area contributed by atoms with E-state index in [0.29, 0.717) is 11.6 Å². The molecule has 0 saturated heterocycles. The van der Waals surface area contributed by atoms with Crippen LogP contribution in [0, 0.1) is 0 Å². The van der Waals surface area contributed by atoms with Crippen molar-refractivity contribution in [1.82, 2.24) is 0 Å². The summed E-state index contributed by atoms with van der Waals surface area (Å²) in [5, 5.41) is 0. The third-order valence-corrected chi connectivity index (χ3v) is 7.95. The molecule has 3 aromatic carbocycles. The fourth-order valence-corrected chi connectivity index (χ4v) is 5.72. The number of hydrogen-bond acceptors (Lipinski definition) is 5. The maximum absolute atomic E-state index is 13.7. The van der Waals surface area contributed by atoms with E-state index in [1.54, 1.807) is 18.2 Å². The molecule has 0 saturated carbocycles. The van der Waals surface area contributed by atoms with Crippen LogP contribution in [0.5, 0.6) is 5.75 Å². The monoisotopic (exact) mass is 545 g/mol. The summed E-state index contributed by atoms with van der Waals surface area (Å²) in [5.41, 5.74) is 1.74. The molecule has 0 spiro atoms. The average Bonchev–Trinajstić information content (AvgIpc) is 2.91. The fraction of sp³-hybridized carbons (Fsp3) is 0.250. The summed E-state index contributed by atoms with van der Waals surface area (Å²) in [6.07, 6.45) is -3.38. The number of fused-ring (bicyclic) bond motifs is 1. The standard InChI is InChI=1S/C28H26F3NO5S/c1-19(21-7-4-3-5-8-21)15-20-11-13-26-25(16-20)32(18-23(37-26)12-14-27(33)36-2)38(34,35)24-10-6-9-22(17-24)28(29,30)31/h3-11,13,15-17,23H,12,14,18H2,1-2H3. The van der Waals surface area contributed by atoms with Crippen molar-refractivity contribution in [3.05, 3.63) is 89.5 Å². The molecule has 3 aromatic rings. The number of carbonyl (C=O) groups is 1. The Bertz CT molecular complexity index is 1450. The second-order valence-electron chi connectivity index (χ2n) is 8.84. The summed E-state index contributed by atoms with van der Waals surface area (Å²) >= 11 is 0. The summed E-state index contributed by atoms with van der Waals surface area (Å²) in [6.45, 7) is 1.73. The van der Waals surface area contributed by atoms with Crippen LogP contribution in [0.3, 0.4) is 0 Å². The highest BCUT2D eigenvalue weighted by atomic mass is 32.2. The number of ether oxygens (including phenoxy) is 2. The number of hydrogen-bond donors (Lipinski definition) is 0. The highest BCUT2D eigenvalue weighted by Gasteiger charge is 2.37. The molecular weight excluding hydrogens is 519 g/mol. The number of nitrogens with zero attached hydrogens (tertiary/aromatic N) is 1. The summed E-state index contributed by atoms with van der Waals surface area (Å²) in [6, 6.07) is 18.3. The van der Waals surface area contributed by atoms with E-state index < -0.39 is 38.7 Å². The Balaban J connectivity index is 1.76. The van der Waals surface area contributed by atoms with Gasteiger partial charge in [-0.3, -0.25) is 9.10 Å². The zero-order valence-corrected chi connectivity index (χ0v) is 21.6. The van der Waals surface area contributed by atoms with E-state index in [1.807, 2.05) is 43.3 Å². The first-order valence-electron chi connectivity index (χ1n) is 11.8. The minimum Gasteiger partial charge on any atom is -0.486 e. The van der Waals surface area contributed by atoms with Gasteiger partial charge in [0.15, 0.2) is 0 Å². The maximum Gasteiger partial charge on any atom is 0.416 e. The smallest absolute Gasteiger partial charge is 0.416 e. The van der Waals surface area contributed by atoms with Crippen LogP contribution < -0.4 is 9.04 Å². The van der Waals surface area contributed by atoms with E-state index in [4.69, 9.17) is 4.74 Å². The van der Waals surface area contributed by atoms with Crippen LogP contribution in [0.1, 0.15) is 36.5 Å². The van der Waals surface area contributed by atoms with E-state index in [9.17, 15) is 26.4 Å². The van der Waals surface area contributed by atoms with Crippen molar-refractivity contribution >= 4 is 33.3 Å². The third kappa shape index (κ3) is 6.02.